The number of aromatic carboxylic acids is 2. The summed E-state index contributed by atoms with van der Waals surface area (Å²) in [6.07, 6.45) is 2.76. The molecular formula is C22H26N6O6. The smallest absolute Gasteiger partial charge is 0.335 e. The van der Waals surface area contributed by atoms with E-state index in [0.717, 1.165) is 0 Å². The third-order valence-corrected chi connectivity index (χ3v) is 5.30. The maximum atomic E-state index is 12.1. The Morgan fingerprint density at radius 1 is 0.588 bits per heavy atom. The Kier molecular flexibility index (Phi) is 8.11. The molecule has 1 aliphatic rings. The second-order valence-corrected chi connectivity index (χ2v) is 7.76. The second-order valence-electron chi connectivity index (χ2n) is 7.76. The molecule has 0 atom stereocenters. The maximum absolute atomic E-state index is 12.1. The van der Waals surface area contributed by atoms with Crippen molar-refractivity contribution in [1.82, 2.24) is 21.5 Å². The van der Waals surface area contributed by atoms with Gasteiger partial charge in [-0.05, 0) is 74.2 Å². The van der Waals surface area contributed by atoms with Gasteiger partial charge in [-0.2, -0.15) is 0 Å². The van der Waals surface area contributed by atoms with Gasteiger partial charge in [-0.1, -0.05) is 0 Å². The van der Waals surface area contributed by atoms with Gasteiger partial charge in [-0.25, -0.2) is 19.2 Å². The maximum Gasteiger partial charge on any atom is 0.335 e. The molecule has 0 aliphatic heterocycles. The van der Waals surface area contributed by atoms with Crippen molar-refractivity contribution in [2.24, 2.45) is 0 Å². The Balaban J connectivity index is 1.32. The third-order valence-electron chi connectivity index (χ3n) is 5.30. The number of nitrogens with one attached hydrogen (secondary N) is 6. The summed E-state index contributed by atoms with van der Waals surface area (Å²) in [4.78, 5) is 45.9. The molecule has 4 amide bonds. The van der Waals surface area contributed by atoms with E-state index in [4.69, 9.17) is 10.2 Å². The topological polar surface area (TPSA) is 181 Å². The number of rotatable bonds is 8. The third kappa shape index (κ3) is 7.29. The average Bonchev–Trinajstić information content (AvgIpc) is 2.83. The van der Waals surface area contributed by atoms with Gasteiger partial charge >= 0.3 is 24.0 Å². The molecule has 0 radical (unpaired) electrons. The summed E-state index contributed by atoms with van der Waals surface area (Å²) in [6, 6.07) is 11.0. The Bertz CT molecular complexity index is 936. The van der Waals surface area contributed by atoms with Gasteiger partial charge < -0.3 is 20.8 Å². The lowest BCUT2D eigenvalue weighted by Gasteiger charge is -2.29. The highest BCUT2D eigenvalue weighted by molar-refractivity contribution is 5.88. The van der Waals surface area contributed by atoms with Gasteiger partial charge in [0.2, 0.25) is 0 Å². The lowest BCUT2D eigenvalue weighted by molar-refractivity contribution is 0.0686. The van der Waals surface area contributed by atoms with E-state index in [2.05, 4.69) is 32.3 Å². The van der Waals surface area contributed by atoms with Crippen LogP contribution in [0.1, 0.15) is 46.4 Å². The normalized spacial score (nSPS) is 17.1. The molecule has 2 aromatic carbocycles. The van der Waals surface area contributed by atoms with E-state index < -0.39 is 24.0 Å². The van der Waals surface area contributed by atoms with E-state index in [1.165, 1.54) is 24.3 Å². The standard InChI is InChI=1S/C22H26N6O6/c29-19(30)13-1-5-17(6-2-13)25-27-21(33)23-15-9-11-16(12-10-15)24-22(34)28-26-18-7-3-14(4-8-18)20(31)32/h1-8,15-16,25-26H,9-12H2,(H,29,30)(H,31,32)(H2,23,27,33)(H2,24,28,34). The van der Waals surface area contributed by atoms with Crippen LogP contribution in [0.3, 0.4) is 0 Å². The zero-order valence-electron chi connectivity index (χ0n) is 18.1. The Hall–Kier alpha value is -4.48. The van der Waals surface area contributed by atoms with Gasteiger partial charge in [-0.3, -0.25) is 21.7 Å². The fourth-order valence-electron chi connectivity index (χ4n) is 3.48. The molecule has 0 bridgehead atoms. The number of carboxylic acids is 2. The van der Waals surface area contributed by atoms with Crippen molar-refractivity contribution in [1.29, 1.82) is 0 Å². The van der Waals surface area contributed by atoms with Gasteiger partial charge in [-0.15, -0.1) is 0 Å². The van der Waals surface area contributed by atoms with Crippen molar-refractivity contribution in [3.05, 3.63) is 59.7 Å². The molecule has 1 fully saturated rings. The molecule has 0 aromatic heterocycles. The lowest BCUT2D eigenvalue weighted by atomic mass is 9.91. The van der Waals surface area contributed by atoms with Crippen molar-refractivity contribution in [3.63, 3.8) is 0 Å². The molecule has 1 aliphatic carbocycles. The molecule has 34 heavy (non-hydrogen) atoms. The number of hydrogen-bond acceptors (Lipinski definition) is 6. The molecule has 2 aromatic rings. The molecule has 8 N–H and O–H groups in total. The van der Waals surface area contributed by atoms with Crippen molar-refractivity contribution < 1.29 is 29.4 Å². The molecule has 0 heterocycles. The Morgan fingerprint density at radius 3 is 1.21 bits per heavy atom. The number of carbonyl (C=O) groups excluding carboxylic acids is 2. The minimum Gasteiger partial charge on any atom is -0.478 e. The van der Waals surface area contributed by atoms with E-state index in [9.17, 15) is 19.2 Å². The minimum atomic E-state index is -1.02. The van der Waals surface area contributed by atoms with Gasteiger partial charge in [0.15, 0.2) is 0 Å². The van der Waals surface area contributed by atoms with E-state index in [0.29, 0.717) is 37.1 Å². The second kappa shape index (κ2) is 11.4. The summed E-state index contributed by atoms with van der Waals surface area (Å²) in [6.45, 7) is 0. The quantitative estimate of drug-likeness (QED) is 0.271. The van der Waals surface area contributed by atoms with E-state index in [1.54, 1.807) is 24.3 Å². The molecular weight excluding hydrogens is 444 g/mol. The summed E-state index contributed by atoms with van der Waals surface area (Å²) in [5, 5.41) is 23.5. The molecule has 12 heteroatoms. The molecule has 1 saturated carbocycles. The summed E-state index contributed by atoms with van der Waals surface area (Å²) in [5.41, 5.74) is 11.9. The van der Waals surface area contributed by atoms with Gasteiger partial charge in [0.05, 0.1) is 22.5 Å². The fraction of sp³-hybridized carbons (Fsp3) is 0.273. The number of urea groups is 2. The SMILES string of the molecule is O=C(NNc1ccc(C(=O)O)cc1)NC1CCC(NC(=O)NNc2ccc(C(=O)O)cc2)CC1. The highest BCUT2D eigenvalue weighted by Gasteiger charge is 2.23. The zero-order valence-corrected chi connectivity index (χ0v) is 18.1. The van der Waals surface area contributed by atoms with E-state index in [-0.39, 0.29) is 23.2 Å². The molecule has 0 unspecified atom stereocenters. The van der Waals surface area contributed by atoms with Gasteiger partial charge in [0.25, 0.3) is 0 Å². The van der Waals surface area contributed by atoms with Crippen LogP contribution < -0.4 is 32.3 Å². The van der Waals surface area contributed by atoms with Crippen LogP contribution in [-0.2, 0) is 0 Å². The van der Waals surface area contributed by atoms with Crippen molar-refractivity contribution in [3.8, 4) is 0 Å². The van der Waals surface area contributed by atoms with Crippen molar-refractivity contribution in [2.75, 3.05) is 10.9 Å². The van der Waals surface area contributed by atoms with Crippen LogP contribution in [-0.4, -0.2) is 46.3 Å². The molecule has 180 valence electrons. The van der Waals surface area contributed by atoms with Crippen LogP contribution in [0.5, 0.6) is 0 Å². The van der Waals surface area contributed by atoms with Crippen LogP contribution in [0.15, 0.2) is 48.5 Å². The van der Waals surface area contributed by atoms with E-state index >= 15 is 0 Å². The average molecular weight is 470 g/mol. The van der Waals surface area contributed by atoms with Crippen molar-refractivity contribution >= 4 is 35.4 Å². The first-order chi connectivity index (χ1) is 16.3. The fourth-order valence-corrected chi connectivity index (χ4v) is 3.48. The van der Waals surface area contributed by atoms with Crippen LogP contribution in [0, 0.1) is 0 Å². The number of anilines is 2. The Labute approximate surface area is 195 Å². The largest absolute Gasteiger partial charge is 0.478 e. The summed E-state index contributed by atoms with van der Waals surface area (Å²) < 4.78 is 0. The predicted molar refractivity (Wildman–Crippen MR) is 123 cm³/mol. The van der Waals surface area contributed by atoms with Crippen LogP contribution in [0.2, 0.25) is 0 Å². The number of amides is 4. The Morgan fingerprint density at radius 2 is 0.912 bits per heavy atom. The first kappa shape index (κ1) is 24.2. The monoisotopic (exact) mass is 470 g/mol. The first-order valence-corrected chi connectivity index (χ1v) is 10.6. The molecule has 0 spiro atoms. The highest BCUT2D eigenvalue weighted by Crippen LogP contribution is 2.18. The van der Waals surface area contributed by atoms with Crippen LogP contribution in [0.4, 0.5) is 21.0 Å². The molecule has 3 rings (SSSR count). The van der Waals surface area contributed by atoms with Crippen LogP contribution in [0.25, 0.3) is 0 Å². The highest BCUT2D eigenvalue weighted by atomic mass is 16.4. The molecule has 0 saturated heterocycles. The predicted octanol–water partition coefficient (Wildman–Crippen LogP) is 2.35. The van der Waals surface area contributed by atoms with Crippen molar-refractivity contribution in [2.45, 2.75) is 37.8 Å². The first-order valence-electron chi connectivity index (χ1n) is 10.6. The summed E-state index contributed by atoms with van der Waals surface area (Å²) >= 11 is 0. The number of carbonyl (C=O) groups is 4. The number of hydrazine groups is 2. The van der Waals surface area contributed by atoms with Crippen LogP contribution >= 0.6 is 0 Å². The van der Waals surface area contributed by atoms with Gasteiger partial charge in [0, 0.05) is 12.1 Å². The number of hydrogen-bond donors (Lipinski definition) is 8. The van der Waals surface area contributed by atoms with Gasteiger partial charge in [0.1, 0.15) is 0 Å². The number of carboxylic acid groups (broad SMARTS) is 2. The van der Waals surface area contributed by atoms with E-state index in [1.807, 2.05) is 0 Å². The minimum absolute atomic E-state index is 0.0387. The lowest BCUT2D eigenvalue weighted by Crippen LogP contribution is -2.49. The summed E-state index contributed by atoms with van der Waals surface area (Å²) in [5.74, 6) is -2.05. The molecule has 12 nitrogen and oxygen atoms in total. The summed E-state index contributed by atoms with van der Waals surface area (Å²) in [7, 11) is 0. The zero-order chi connectivity index (χ0) is 24.5. The number of benzene rings is 2.